The topological polar surface area (TPSA) is 63.6 Å². The Morgan fingerprint density at radius 1 is 1.03 bits per heavy atom. The minimum atomic E-state index is -1.21. The van der Waals surface area contributed by atoms with E-state index in [1.165, 1.54) is 12.1 Å². The van der Waals surface area contributed by atoms with Gasteiger partial charge in [0, 0.05) is 65.3 Å². The number of fused-ring (bicyclic) bond motifs is 1. The lowest BCUT2D eigenvalue weighted by Gasteiger charge is -2.27. The summed E-state index contributed by atoms with van der Waals surface area (Å²) in [7, 11) is -1.21. The molecule has 2 heterocycles. The molecule has 0 saturated carbocycles. The van der Waals surface area contributed by atoms with Crippen molar-refractivity contribution in [3.63, 3.8) is 0 Å². The molecule has 1 N–H and O–H groups in total. The molecule has 1 aromatic heterocycles. The molecule has 3 aromatic carbocycles. The monoisotopic (exact) mass is 491 g/mol. The van der Waals surface area contributed by atoms with Gasteiger partial charge in [-0.3, -0.25) is 13.6 Å². The van der Waals surface area contributed by atoms with Crippen LogP contribution in [-0.4, -0.2) is 52.0 Å². The highest BCUT2D eigenvalue weighted by molar-refractivity contribution is 7.84. The maximum atomic E-state index is 14.2. The summed E-state index contributed by atoms with van der Waals surface area (Å²) in [6.45, 7) is 4.40. The predicted octanol–water partition coefficient (Wildman–Crippen LogP) is 4.65. The molecule has 1 amide bonds. The molecular weight excluding hydrogens is 465 g/mol. The quantitative estimate of drug-likeness (QED) is 0.441. The van der Waals surface area contributed by atoms with Crippen LogP contribution in [0.1, 0.15) is 15.9 Å². The zero-order valence-electron chi connectivity index (χ0n) is 19.6. The Morgan fingerprint density at radius 3 is 2.49 bits per heavy atom. The Hall–Kier alpha value is -3.49. The lowest BCUT2D eigenvalue weighted by molar-refractivity contribution is 0.0735. The second kappa shape index (κ2) is 9.64. The van der Waals surface area contributed by atoms with E-state index in [4.69, 9.17) is 4.74 Å². The molecule has 1 unspecified atom stereocenters. The number of rotatable bonds is 5. The smallest absolute Gasteiger partial charge is 0.260 e. The van der Waals surface area contributed by atoms with E-state index in [1.807, 2.05) is 54.0 Å². The molecule has 1 aliphatic rings. The second-order valence-corrected chi connectivity index (χ2v) is 9.92. The van der Waals surface area contributed by atoms with E-state index in [0.717, 1.165) is 11.3 Å². The number of carbonyl (C=O) groups is 1. The Morgan fingerprint density at radius 2 is 1.77 bits per heavy atom. The van der Waals surface area contributed by atoms with Crippen molar-refractivity contribution in [3.05, 3.63) is 83.7 Å². The summed E-state index contributed by atoms with van der Waals surface area (Å²) in [5.74, 6) is 0.0633. The summed E-state index contributed by atoms with van der Waals surface area (Å²) in [4.78, 5) is 16.4. The maximum absolute atomic E-state index is 14.2. The Kier molecular flexibility index (Phi) is 6.40. The lowest BCUT2D eigenvalue weighted by Crippen LogP contribution is -2.46. The van der Waals surface area contributed by atoms with Crippen molar-refractivity contribution in [2.24, 2.45) is 0 Å². The summed E-state index contributed by atoms with van der Waals surface area (Å²) >= 11 is 0. The highest BCUT2D eigenvalue weighted by atomic mass is 32.2. The van der Waals surface area contributed by atoms with Crippen LogP contribution in [0.3, 0.4) is 0 Å². The molecule has 1 aliphatic heterocycles. The summed E-state index contributed by atoms with van der Waals surface area (Å²) in [6.07, 6.45) is 1.62. The number of para-hydroxylation sites is 1. The Balaban J connectivity index is 1.81. The predicted molar refractivity (Wildman–Crippen MR) is 136 cm³/mol. The molecule has 0 spiro atoms. The molecule has 8 heteroatoms. The number of amides is 1. The number of aryl methyl sites for hydroxylation is 1. The molecule has 6 nitrogen and oxygen atoms in total. The Bertz CT molecular complexity index is 1430. The number of ether oxygens (including phenoxy) is 1. The molecule has 4 aromatic rings. The number of halogens is 1. The van der Waals surface area contributed by atoms with Crippen LogP contribution >= 0.6 is 0 Å². The van der Waals surface area contributed by atoms with Gasteiger partial charge in [0.15, 0.2) is 0 Å². The third-order valence-electron chi connectivity index (χ3n) is 6.22. The molecule has 1 saturated heterocycles. The summed E-state index contributed by atoms with van der Waals surface area (Å²) in [6, 6.07) is 19.3. The number of benzene rings is 3. The van der Waals surface area contributed by atoms with Crippen LogP contribution < -0.4 is 10.1 Å². The van der Waals surface area contributed by atoms with E-state index in [2.05, 4.69) is 5.32 Å². The van der Waals surface area contributed by atoms with Crippen molar-refractivity contribution < 1.29 is 18.1 Å². The van der Waals surface area contributed by atoms with E-state index in [1.54, 1.807) is 23.3 Å². The van der Waals surface area contributed by atoms with Crippen LogP contribution in [-0.2, 0) is 10.8 Å². The molecule has 0 aliphatic carbocycles. The zero-order valence-corrected chi connectivity index (χ0v) is 20.4. The highest BCUT2D eigenvalue weighted by Gasteiger charge is 2.30. The molecular formula is C27H26FN3O3S. The fourth-order valence-corrected chi connectivity index (χ4v) is 4.91. The van der Waals surface area contributed by atoms with E-state index in [-0.39, 0.29) is 5.91 Å². The van der Waals surface area contributed by atoms with Gasteiger partial charge in [0.1, 0.15) is 17.1 Å². The van der Waals surface area contributed by atoms with Gasteiger partial charge >= 0.3 is 0 Å². The van der Waals surface area contributed by atoms with E-state index >= 15 is 0 Å². The van der Waals surface area contributed by atoms with Gasteiger partial charge in [0.05, 0.1) is 5.52 Å². The van der Waals surface area contributed by atoms with Gasteiger partial charge < -0.3 is 15.0 Å². The largest absolute Gasteiger partial charge is 0.439 e. The molecule has 1 atom stereocenters. The van der Waals surface area contributed by atoms with Crippen molar-refractivity contribution >= 4 is 27.6 Å². The van der Waals surface area contributed by atoms with Gasteiger partial charge in [-0.1, -0.05) is 30.3 Å². The third-order valence-corrected chi connectivity index (χ3v) is 7.14. The van der Waals surface area contributed by atoms with Gasteiger partial charge in [0.2, 0.25) is 5.88 Å². The molecule has 5 rings (SSSR count). The van der Waals surface area contributed by atoms with Crippen molar-refractivity contribution in [2.75, 3.05) is 32.4 Å². The zero-order chi connectivity index (χ0) is 24.5. The van der Waals surface area contributed by atoms with Crippen LogP contribution in [0, 0.1) is 12.7 Å². The first-order valence-electron chi connectivity index (χ1n) is 11.5. The number of carbonyl (C=O) groups excluding carboxylic acids is 1. The summed E-state index contributed by atoms with van der Waals surface area (Å²) < 4.78 is 34.7. The normalized spacial score (nSPS) is 14.8. The fraction of sp³-hybridized carbons (Fsp3) is 0.222. The molecule has 0 radical (unpaired) electrons. The van der Waals surface area contributed by atoms with E-state index in [9.17, 15) is 13.4 Å². The van der Waals surface area contributed by atoms with Gasteiger partial charge in [-0.15, -0.1) is 0 Å². The first-order chi connectivity index (χ1) is 16.9. The second-order valence-electron chi connectivity index (χ2n) is 8.54. The van der Waals surface area contributed by atoms with Gasteiger partial charge in [-0.25, -0.2) is 4.39 Å². The van der Waals surface area contributed by atoms with Gasteiger partial charge in [-0.05, 0) is 42.8 Å². The minimum Gasteiger partial charge on any atom is -0.439 e. The van der Waals surface area contributed by atoms with E-state index < -0.39 is 16.6 Å². The minimum absolute atomic E-state index is 0.152. The molecule has 1 fully saturated rings. The van der Waals surface area contributed by atoms with Crippen molar-refractivity contribution in [1.82, 2.24) is 14.8 Å². The lowest BCUT2D eigenvalue weighted by atomic mass is 10.1. The average molecular weight is 492 g/mol. The SMILES string of the molecule is Cc1ccc(F)cc1Oc1c(C(=O)N2CCNCC2)c2ccc(S(C)=O)cc2n1-c1ccccc1. The van der Waals surface area contributed by atoms with Gasteiger partial charge in [0.25, 0.3) is 5.91 Å². The average Bonchev–Trinajstić information content (AvgIpc) is 3.19. The van der Waals surface area contributed by atoms with E-state index in [0.29, 0.717) is 59.2 Å². The van der Waals surface area contributed by atoms with Gasteiger partial charge in [-0.2, -0.15) is 0 Å². The Labute approximate surface area is 205 Å². The van der Waals surface area contributed by atoms with Crippen LogP contribution in [0.2, 0.25) is 0 Å². The maximum Gasteiger partial charge on any atom is 0.260 e. The standard InChI is InChI=1S/C27H26FN3O3S/c1-18-8-9-19(28)16-24(18)34-27-25(26(32)30-14-12-29-13-15-30)22-11-10-21(35(2)33)17-23(22)31(27)20-6-4-3-5-7-20/h3-11,16-17,29H,12-15H2,1-2H3. The summed E-state index contributed by atoms with van der Waals surface area (Å²) in [5, 5.41) is 3.96. The number of hydrogen-bond acceptors (Lipinski definition) is 4. The van der Waals surface area contributed by atoms with Crippen LogP contribution in [0.4, 0.5) is 4.39 Å². The number of nitrogens with one attached hydrogen (secondary N) is 1. The molecule has 180 valence electrons. The van der Waals surface area contributed by atoms with Crippen molar-refractivity contribution in [3.8, 4) is 17.3 Å². The number of aromatic nitrogens is 1. The summed E-state index contributed by atoms with van der Waals surface area (Å²) in [5.41, 5.74) is 2.63. The molecule has 0 bridgehead atoms. The number of hydrogen-bond donors (Lipinski definition) is 1. The number of nitrogens with zero attached hydrogens (tertiary/aromatic N) is 2. The van der Waals surface area contributed by atoms with Crippen LogP contribution in [0.5, 0.6) is 11.6 Å². The third kappa shape index (κ3) is 4.47. The van der Waals surface area contributed by atoms with Crippen molar-refractivity contribution in [1.29, 1.82) is 0 Å². The van der Waals surface area contributed by atoms with Crippen molar-refractivity contribution in [2.45, 2.75) is 11.8 Å². The van der Waals surface area contributed by atoms with Crippen LogP contribution in [0.15, 0.2) is 71.6 Å². The molecule has 35 heavy (non-hydrogen) atoms. The highest BCUT2D eigenvalue weighted by Crippen LogP contribution is 2.40. The first kappa shape index (κ1) is 23.3. The number of piperazine rings is 1. The van der Waals surface area contributed by atoms with Crippen LogP contribution in [0.25, 0.3) is 16.6 Å². The first-order valence-corrected chi connectivity index (χ1v) is 13.0. The fourth-order valence-electron chi connectivity index (χ4n) is 4.37.